The highest BCUT2D eigenvalue weighted by atomic mass is 19.4. The third-order valence-electron chi connectivity index (χ3n) is 2.93. The number of carbonyl (C=O) groups is 1. The molecule has 2 rings (SSSR count). The highest BCUT2D eigenvalue weighted by molar-refractivity contribution is 5.78. The molecule has 0 aromatic heterocycles. The van der Waals surface area contributed by atoms with Crippen LogP contribution in [-0.4, -0.2) is 18.5 Å². The lowest BCUT2D eigenvalue weighted by atomic mass is 10.1. The number of halogens is 3. The Balaban J connectivity index is 1.89. The Bertz CT molecular complexity index is 455. The molecule has 3 nitrogen and oxygen atoms in total. The lowest BCUT2D eigenvalue weighted by Crippen LogP contribution is -2.34. The van der Waals surface area contributed by atoms with E-state index < -0.39 is 11.7 Å². The van der Waals surface area contributed by atoms with Gasteiger partial charge >= 0.3 is 6.18 Å². The molecule has 1 amide bonds. The van der Waals surface area contributed by atoms with Gasteiger partial charge in [-0.1, -0.05) is 18.2 Å². The molecule has 0 heterocycles. The molecule has 0 bridgehead atoms. The first-order chi connectivity index (χ1) is 8.97. The van der Waals surface area contributed by atoms with Crippen molar-refractivity contribution < 1.29 is 18.0 Å². The zero-order valence-corrected chi connectivity index (χ0v) is 10.3. The number of amides is 1. The van der Waals surface area contributed by atoms with Crippen LogP contribution < -0.4 is 10.6 Å². The standard InChI is InChI=1S/C13H15F3N2O/c14-13(15,16)11-4-2-1-3-9(11)7-18-12(19)8-17-10-5-6-10/h1-4,10,17H,5-8H2,(H,18,19). The predicted molar refractivity (Wildman–Crippen MR) is 64.3 cm³/mol. The van der Waals surface area contributed by atoms with Gasteiger partial charge in [0.15, 0.2) is 0 Å². The van der Waals surface area contributed by atoms with Gasteiger partial charge < -0.3 is 10.6 Å². The second kappa shape index (κ2) is 5.61. The van der Waals surface area contributed by atoms with Crippen molar-refractivity contribution in [3.05, 3.63) is 35.4 Å². The summed E-state index contributed by atoms with van der Waals surface area (Å²) in [5, 5.41) is 5.50. The Hall–Kier alpha value is -1.56. The molecule has 1 aromatic rings. The van der Waals surface area contributed by atoms with Gasteiger partial charge in [0.1, 0.15) is 0 Å². The molecule has 0 atom stereocenters. The van der Waals surface area contributed by atoms with Gasteiger partial charge in [-0.2, -0.15) is 13.2 Å². The Kier molecular flexibility index (Phi) is 4.09. The van der Waals surface area contributed by atoms with Gasteiger partial charge in [0.2, 0.25) is 5.91 Å². The lowest BCUT2D eigenvalue weighted by Gasteiger charge is -2.13. The Labute approximate surface area is 109 Å². The summed E-state index contributed by atoms with van der Waals surface area (Å²) in [6, 6.07) is 5.65. The number of carbonyl (C=O) groups excluding carboxylic acids is 1. The zero-order chi connectivity index (χ0) is 13.9. The summed E-state index contributed by atoms with van der Waals surface area (Å²) in [5.41, 5.74) is -0.625. The van der Waals surface area contributed by atoms with E-state index in [2.05, 4.69) is 10.6 Å². The normalized spacial score (nSPS) is 15.3. The summed E-state index contributed by atoms with van der Waals surface area (Å²) in [5.74, 6) is -0.288. The van der Waals surface area contributed by atoms with Crippen molar-refractivity contribution in [1.82, 2.24) is 10.6 Å². The highest BCUT2D eigenvalue weighted by Gasteiger charge is 2.32. The Morgan fingerprint density at radius 2 is 1.95 bits per heavy atom. The van der Waals surface area contributed by atoms with Crippen LogP contribution in [0.1, 0.15) is 24.0 Å². The molecule has 1 aromatic carbocycles. The molecular weight excluding hydrogens is 257 g/mol. The van der Waals surface area contributed by atoms with E-state index in [1.165, 1.54) is 18.2 Å². The largest absolute Gasteiger partial charge is 0.416 e. The third kappa shape index (κ3) is 4.24. The number of benzene rings is 1. The summed E-state index contributed by atoms with van der Waals surface area (Å²) >= 11 is 0. The van der Waals surface area contributed by atoms with Crippen LogP contribution >= 0.6 is 0 Å². The van der Waals surface area contributed by atoms with Crippen molar-refractivity contribution >= 4 is 5.91 Å². The minimum atomic E-state index is -4.40. The number of alkyl halides is 3. The molecule has 0 unspecified atom stereocenters. The smallest absolute Gasteiger partial charge is 0.351 e. The maximum atomic E-state index is 12.7. The molecule has 0 radical (unpaired) electrons. The van der Waals surface area contributed by atoms with E-state index >= 15 is 0 Å². The maximum Gasteiger partial charge on any atom is 0.416 e. The van der Waals surface area contributed by atoms with E-state index in [4.69, 9.17) is 0 Å². The fourth-order valence-electron chi connectivity index (χ4n) is 1.73. The molecule has 1 saturated carbocycles. The van der Waals surface area contributed by atoms with E-state index in [0.717, 1.165) is 18.9 Å². The lowest BCUT2D eigenvalue weighted by molar-refractivity contribution is -0.138. The fourth-order valence-corrected chi connectivity index (χ4v) is 1.73. The summed E-state index contributed by atoms with van der Waals surface area (Å²) in [7, 11) is 0. The van der Waals surface area contributed by atoms with Crippen LogP contribution in [0.5, 0.6) is 0 Å². The van der Waals surface area contributed by atoms with E-state index in [-0.39, 0.29) is 24.6 Å². The third-order valence-corrected chi connectivity index (χ3v) is 2.93. The maximum absolute atomic E-state index is 12.7. The molecule has 0 aliphatic heterocycles. The molecule has 1 aliphatic carbocycles. The number of nitrogens with one attached hydrogen (secondary N) is 2. The molecule has 19 heavy (non-hydrogen) atoms. The molecular formula is C13H15F3N2O. The van der Waals surface area contributed by atoms with E-state index in [9.17, 15) is 18.0 Å². The number of hydrogen-bond donors (Lipinski definition) is 2. The summed E-state index contributed by atoms with van der Waals surface area (Å²) in [6.07, 6.45) is -2.28. The summed E-state index contributed by atoms with van der Waals surface area (Å²) in [6.45, 7) is 0.0414. The molecule has 6 heteroatoms. The van der Waals surface area contributed by atoms with E-state index in [1.807, 2.05) is 0 Å². The Morgan fingerprint density at radius 3 is 2.58 bits per heavy atom. The second-order valence-electron chi connectivity index (χ2n) is 4.59. The van der Waals surface area contributed by atoms with Crippen LogP contribution in [-0.2, 0) is 17.5 Å². The highest BCUT2D eigenvalue weighted by Crippen LogP contribution is 2.31. The van der Waals surface area contributed by atoms with Crippen LogP contribution in [0.2, 0.25) is 0 Å². The molecule has 1 fully saturated rings. The van der Waals surface area contributed by atoms with Gasteiger partial charge in [0.25, 0.3) is 0 Å². The quantitative estimate of drug-likeness (QED) is 0.861. The van der Waals surface area contributed by atoms with Crippen molar-refractivity contribution in [1.29, 1.82) is 0 Å². The van der Waals surface area contributed by atoms with Crippen LogP contribution in [0, 0.1) is 0 Å². The predicted octanol–water partition coefficient (Wildman–Crippen LogP) is 2.07. The minimum absolute atomic E-state index is 0.0785. The average molecular weight is 272 g/mol. The molecule has 0 spiro atoms. The first-order valence-electron chi connectivity index (χ1n) is 6.12. The van der Waals surface area contributed by atoms with Crippen LogP contribution in [0.25, 0.3) is 0 Å². The number of rotatable bonds is 5. The van der Waals surface area contributed by atoms with Crippen molar-refractivity contribution in [3.8, 4) is 0 Å². The van der Waals surface area contributed by atoms with E-state index in [0.29, 0.717) is 6.04 Å². The van der Waals surface area contributed by atoms with Gasteiger partial charge in [-0.25, -0.2) is 0 Å². The summed E-state index contributed by atoms with van der Waals surface area (Å²) in [4.78, 5) is 11.5. The average Bonchev–Trinajstić information content (AvgIpc) is 3.17. The van der Waals surface area contributed by atoms with Gasteiger partial charge in [-0.15, -0.1) is 0 Å². The van der Waals surface area contributed by atoms with Crippen molar-refractivity contribution in [2.75, 3.05) is 6.54 Å². The molecule has 2 N–H and O–H groups in total. The van der Waals surface area contributed by atoms with Gasteiger partial charge in [-0.05, 0) is 24.5 Å². The topological polar surface area (TPSA) is 41.1 Å². The van der Waals surface area contributed by atoms with Crippen molar-refractivity contribution in [2.24, 2.45) is 0 Å². The van der Waals surface area contributed by atoms with Crippen molar-refractivity contribution in [3.63, 3.8) is 0 Å². The minimum Gasteiger partial charge on any atom is -0.351 e. The monoisotopic (exact) mass is 272 g/mol. The molecule has 0 saturated heterocycles. The van der Waals surface area contributed by atoms with Crippen molar-refractivity contribution in [2.45, 2.75) is 31.6 Å². The molecule has 1 aliphatic rings. The summed E-state index contributed by atoms with van der Waals surface area (Å²) < 4.78 is 38.1. The van der Waals surface area contributed by atoms with Gasteiger partial charge in [0, 0.05) is 12.6 Å². The van der Waals surface area contributed by atoms with Crippen LogP contribution in [0.15, 0.2) is 24.3 Å². The Morgan fingerprint density at radius 1 is 1.26 bits per heavy atom. The van der Waals surface area contributed by atoms with Gasteiger partial charge in [-0.3, -0.25) is 4.79 Å². The van der Waals surface area contributed by atoms with Crippen LogP contribution in [0.3, 0.4) is 0 Å². The first-order valence-corrected chi connectivity index (χ1v) is 6.12. The first kappa shape index (κ1) is 13.9. The SMILES string of the molecule is O=C(CNC1CC1)NCc1ccccc1C(F)(F)F. The van der Waals surface area contributed by atoms with Crippen LogP contribution in [0.4, 0.5) is 13.2 Å². The second-order valence-corrected chi connectivity index (χ2v) is 4.59. The number of hydrogen-bond acceptors (Lipinski definition) is 2. The van der Waals surface area contributed by atoms with E-state index in [1.54, 1.807) is 0 Å². The fraction of sp³-hybridized carbons (Fsp3) is 0.462. The van der Waals surface area contributed by atoms with Gasteiger partial charge in [0.05, 0.1) is 12.1 Å². The zero-order valence-electron chi connectivity index (χ0n) is 10.3. The molecule has 104 valence electrons.